The van der Waals surface area contributed by atoms with Crippen LogP contribution in [0.4, 0.5) is 5.69 Å². The zero-order valence-electron chi connectivity index (χ0n) is 6.97. The average Bonchev–Trinajstić information content (AvgIpc) is 2.03. The topological polar surface area (TPSA) is 83.6 Å². The summed E-state index contributed by atoms with van der Waals surface area (Å²) in [6.07, 6.45) is -1.58. The first-order chi connectivity index (χ1) is 6.02. The van der Waals surface area contributed by atoms with E-state index < -0.39 is 11.2 Å². The van der Waals surface area contributed by atoms with Crippen LogP contribution < -0.4 is 0 Å². The number of non-ortho nitro benzene ring substituents is 1. The van der Waals surface area contributed by atoms with Crippen LogP contribution in [-0.2, 0) is 0 Å². The second-order valence-electron chi connectivity index (χ2n) is 2.67. The van der Waals surface area contributed by atoms with E-state index >= 15 is 0 Å². The zero-order valence-corrected chi connectivity index (χ0v) is 6.97. The Morgan fingerprint density at radius 2 is 2.08 bits per heavy atom. The summed E-state index contributed by atoms with van der Waals surface area (Å²) in [5.74, 6) is 0. The normalized spacial score (nSPS) is 10.5. The number of nitro benzene ring substituents is 1. The van der Waals surface area contributed by atoms with Crippen LogP contribution in [0.3, 0.4) is 0 Å². The molecule has 2 N–H and O–H groups in total. The molecule has 0 radical (unpaired) electrons. The van der Waals surface area contributed by atoms with Crippen molar-refractivity contribution in [2.45, 2.75) is 13.2 Å². The van der Waals surface area contributed by atoms with Gasteiger partial charge in [-0.25, -0.2) is 0 Å². The minimum atomic E-state index is -1.58. The summed E-state index contributed by atoms with van der Waals surface area (Å²) in [5, 5.41) is 28.0. The number of aliphatic hydroxyl groups is 2. The molecule has 0 aromatic heterocycles. The van der Waals surface area contributed by atoms with E-state index in [-0.39, 0.29) is 11.3 Å². The van der Waals surface area contributed by atoms with Crippen LogP contribution in [0.2, 0.25) is 0 Å². The van der Waals surface area contributed by atoms with Gasteiger partial charge in [0.15, 0.2) is 6.29 Å². The van der Waals surface area contributed by atoms with E-state index in [4.69, 9.17) is 10.2 Å². The second-order valence-corrected chi connectivity index (χ2v) is 2.67. The highest BCUT2D eigenvalue weighted by molar-refractivity contribution is 5.39. The summed E-state index contributed by atoms with van der Waals surface area (Å²) in [5.41, 5.74) is 0.719. The third kappa shape index (κ3) is 2.01. The molecule has 0 atom stereocenters. The van der Waals surface area contributed by atoms with Crippen LogP contribution in [-0.4, -0.2) is 15.1 Å². The predicted molar refractivity (Wildman–Crippen MR) is 45.0 cm³/mol. The number of aryl methyl sites for hydroxylation is 1. The van der Waals surface area contributed by atoms with Gasteiger partial charge in [0.1, 0.15) is 0 Å². The molecule has 0 heterocycles. The molecule has 0 fully saturated rings. The maximum absolute atomic E-state index is 10.3. The SMILES string of the molecule is Cc1cc([N+](=O)[O-])ccc1C(O)O. The summed E-state index contributed by atoms with van der Waals surface area (Å²) in [7, 11) is 0. The Hall–Kier alpha value is -1.46. The van der Waals surface area contributed by atoms with Crippen molar-refractivity contribution in [1.29, 1.82) is 0 Å². The fourth-order valence-electron chi connectivity index (χ4n) is 1.06. The maximum Gasteiger partial charge on any atom is 0.269 e. The van der Waals surface area contributed by atoms with E-state index in [9.17, 15) is 10.1 Å². The number of benzene rings is 1. The van der Waals surface area contributed by atoms with Crippen molar-refractivity contribution < 1.29 is 15.1 Å². The molecule has 13 heavy (non-hydrogen) atoms. The number of rotatable bonds is 2. The molecule has 1 rings (SSSR count). The van der Waals surface area contributed by atoms with Crippen LogP contribution in [0.5, 0.6) is 0 Å². The molecule has 1 aromatic rings. The highest BCUT2D eigenvalue weighted by Crippen LogP contribution is 2.20. The van der Waals surface area contributed by atoms with Gasteiger partial charge in [0.2, 0.25) is 0 Å². The van der Waals surface area contributed by atoms with Gasteiger partial charge >= 0.3 is 0 Å². The van der Waals surface area contributed by atoms with Gasteiger partial charge < -0.3 is 10.2 Å². The molecule has 0 saturated carbocycles. The Morgan fingerprint density at radius 1 is 1.46 bits per heavy atom. The molecule has 0 aliphatic carbocycles. The maximum atomic E-state index is 10.3. The van der Waals surface area contributed by atoms with E-state index in [0.717, 1.165) is 0 Å². The fraction of sp³-hybridized carbons (Fsp3) is 0.250. The molecule has 0 bridgehead atoms. The van der Waals surface area contributed by atoms with E-state index in [1.807, 2.05) is 0 Å². The minimum absolute atomic E-state index is 0.0538. The predicted octanol–water partition coefficient (Wildman–Crippen LogP) is 0.886. The van der Waals surface area contributed by atoms with Gasteiger partial charge in [0, 0.05) is 17.7 Å². The zero-order chi connectivity index (χ0) is 10.0. The van der Waals surface area contributed by atoms with Crippen LogP contribution in [0.25, 0.3) is 0 Å². The number of hydrogen-bond donors (Lipinski definition) is 2. The van der Waals surface area contributed by atoms with Crippen LogP contribution in [0.15, 0.2) is 18.2 Å². The molecule has 5 heteroatoms. The van der Waals surface area contributed by atoms with Crippen molar-refractivity contribution in [3.8, 4) is 0 Å². The molecular formula is C8H9NO4. The number of nitrogens with zero attached hydrogens (tertiary/aromatic N) is 1. The lowest BCUT2D eigenvalue weighted by molar-refractivity contribution is -0.384. The van der Waals surface area contributed by atoms with E-state index in [1.165, 1.54) is 18.2 Å². The molecule has 0 spiro atoms. The molecule has 1 aromatic carbocycles. The molecule has 0 aliphatic heterocycles. The van der Waals surface area contributed by atoms with Crippen molar-refractivity contribution in [2.24, 2.45) is 0 Å². The van der Waals surface area contributed by atoms with Crippen molar-refractivity contribution in [3.63, 3.8) is 0 Å². The smallest absolute Gasteiger partial charge is 0.269 e. The van der Waals surface area contributed by atoms with Gasteiger partial charge in [-0.1, -0.05) is 0 Å². The average molecular weight is 183 g/mol. The van der Waals surface area contributed by atoms with Crippen LogP contribution >= 0.6 is 0 Å². The van der Waals surface area contributed by atoms with Gasteiger partial charge in [-0.15, -0.1) is 0 Å². The number of hydrogen-bond acceptors (Lipinski definition) is 4. The van der Waals surface area contributed by atoms with Gasteiger partial charge in [-0.05, 0) is 18.6 Å². The van der Waals surface area contributed by atoms with Crippen molar-refractivity contribution in [1.82, 2.24) is 0 Å². The van der Waals surface area contributed by atoms with Gasteiger partial charge in [0.05, 0.1) is 4.92 Å². The van der Waals surface area contributed by atoms with E-state index in [0.29, 0.717) is 5.56 Å². The summed E-state index contributed by atoms with van der Waals surface area (Å²) < 4.78 is 0. The lowest BCUT2D eigenvalue weighted by Gasteiger charge is -2.06. The first-order valence-electron chi connectivity index (χ1n) is 3.63. The Balaban J connectivity index is 3.13. The van der Waals surface area contributed by atoms with Crippen molar-refractivity contribution in [2.75, 3.05) is 0 Å². The quantitative estimate of drug-likeness (QED) is 0.405. The fourth-order valence-corrected chi connectivity index (χ4v) is 1.06. The lowest BCUT2D eigenvalue weighted by atomic mass is 10.1. The molecule has 5 nitrogen and oxygen atoms in total. The third-order valence-electron chi connectivity index (χ3n) is 1.74. The van der Waals surface area contributed by atoms with E-state index in [2.05, 4.69) is 0 Å². The Labute approximate surface area is 74.4 Å². The van der Waals surface area contributed by atoms with Gasteiger partial charge in [-0.3, -0.25) is 10.1 Å². The second kappa shape index (κ2) is 3.51. The van der Waals surface area contributed by atoms with Crippen LogP contribution in [0, 0.1) is 17.0 Å². The molecular weight excluding hydrogens is 174 g/mol. The highest BCUT2D eigenvalue weighted by Gasteiger charge is 2.11. The van der Waals surface area contributed by atoms with Gasteiger partial charge in [-0.2, -0.15) is 0 Å². The molecule has 0 aliphatic rings. The number of nitro groups is 1. The first kappa shape index (κ1) is 9.63. The molecule has 0 amide bonds. The monoisotopic (exact) mass is 183 g/mol. The van der Waals surface area contributed by atoms with Crippen molar-refractivity contribution >= 4 is 5.69 Å². The standard InChI is InChI=1S/C8H9NO4/c1-5-4-6(9(12)13)2-3-7(5)8(10)11/h2-4,8,10-11H,1H3. The summed E-state index contributed by atoms with van der Waals surface area (Å²) in [4.78, 5) is 9.79. The largest absolute Gasteiger partial charge is 0.364 e. The highest BCUT2D eigenvalue weighted by atomic mass is 16.6. The Bertz CT molecular complexity index is 335. The van der Waals surface area contributed by atoms with Crippen molar-refractivity contribution in [3.05, 3.63) is 39.4 Å². The third-order valence-corrected chi connectivity index (χ3v) is 1.74. The summed E-state index contributed by atoms with van der Waals surface area (Å²) in [6.45, 7) is 1.59. The van der Waals surface area contributed by atoms with E-state index in [1.54, 1.807) is 6.92 Å². The Kier molecular flexibility index (Phi) is 2.60. The van der Waals surface area contributed by atoms with Crippen LogP contribution in [0.1, 0.15) is 17.4 Å². The lowest BCUT2D eigenvalue weighted by Crippen LogP contribution is -1.99. The molecule has 70 valence electrons. The number of aliphatic hydroxyl groups excluding tert-OH is 1. The molecule has 0 unspecified atom stereocenters. The summed E-state index contributed by atoms with van der Waals surface area (Å²) >= 11 is 0. The Morgan fingerprint density at radius 3 is 2.46 bits per heavy atom. The van der Waals surface area contributed by atoms with Gasteiger partial charge in [0.25, 0.3) is 5.69 Å². The minimum Gasteiger partial charge on any atom is -0.364 e. The molecule has 0 saturated heterocycles. The summed E-state index contributed by atoms with van der Waals surface area (Å²) in [6, 6.07) is 3.87. The first-order valence-corrected chi connectivity index (χ1v) is 3.63.